The van der Waals surface area contributed by atoms with Crippen LogP contribution in [0.15, 0.2) is 12.4 Å². The quantitative estimate of drug-likeness (QED) is 0.892. The molecule has 1 N–H and O–H groups in total. The summed E-state index contributed by atoms with van der Waals surface area (Å²) in [5.74, 6) is 0.722. The second kappa shape index (κ2) is 4.94. The lowest BCUT2D eigenvalue weighted by atomic mass is 10.1. The van der Waals surface area contributed by atoms with Gasteiger partial charge in [0, 0.05) is 38.1 Å². The van der Waals surface area contributed by atoms with Gasteiger partial charge < -0.3 is 9.67 Å². The summed E-state index contributed by atoms with van der Waals surface area (Å²) >= 11 is 0. The van der Waals surface area contributed by atoms with E-state index < -0.39 is 6.10 Å². The maximum absolute atomic E-state index is 10.3. The van der Waals surface area contributed by atoms with Crippen LogP contribution < -0.4 is 0 Å². The molecule has 0 radical (unpaired) electrons. The van der Waals surface area contributed by atoms with Crippen LogP contribution in [0.2, 0.25) is 0 Å². The van der Waals surface area contributed by atoms with Crippen LogP contribution in [0.1, 0.15) is 35.8 Å². The van der Waals surface area contributed by atoms with Crippen molar-refractivity contribution in [2.75, 3.05) is 0 Å². The monoisotopic (exact) mass is 248 g/mol. The predicted octanol–water partition coefficient (Wildman–Crippen LogP) is 1.53. The van der Waals surface area contributed by atoms with Crippen LogP contribution in [-0.2, 0) is 20.0 Å². The average molecular weight is 248 g/mol. The Morgan fingerprint density at radius 1 is 1.39 bits per heavy atom. The zero-order valence-corrected chi connectivity index (χ0v) is 11.4. The van der Waals surface area contributed by atoms with Crippen molar-refractivity contribution in [3.63, 3.8) is 0 Å². The highest BCUT2D eigenvalue weighted by Gasteiger charge is 2.18. The first-order valence-electron chi connectivity index (χ1n) is 6.22. The Kier molecular flexibility index (Phi) is 3.52. The molecule has 0 aromatic carbocycles. The minimum absolute atomic E-state index is 0.558. The number of hydrogen-bond acceptors (Lipinski definition) is 3. The number of aromatic nitrogens is 4. The van der Waals surface area contributed by atoms with Gasteiger partial charge in [-0.05, 0) is 26.3 Å². The average Bonchev–Trinajstić information content (AvgIpc) is 2.90. The zero-order valence-electron chi connectivity index (χ0n) is 11.4. The maximum atomic E-state index is 10.3. The van der Waals surface area contributed by atoms with E-state index in [1.165, 1.54) is 0 Å². The van der Waals surface area contributed by atoms with Gasteiger partial charge in [0.2, 0.25) is 0 Å². The summed E-state index contributed by atoms with van der Waals surface area (Å²) < 4.78 is 3.81. The van der Waals surface area contributed by atoms with Gasteiger partial charge in [-0.15, -0.1) is 0 Å². The molecule has 5 heteroatoms. The number of aryl methyl sites for hydroxylation is 3. The van der Waals surface area contributed by atoms with E-state index in [0.717, 1.165) is 29.3 Å². The van der Waals surface area contributed by atoms with E-state index in [9.17, 15) is 5.11 Å². The van der Waals surface area contributed by atoms with Gasteiger partial charge in [-0.25, -0.2) is 4.98 Å². The molecule has 2 rings (SSSR count). The smallest absolute Gasteiger partial charge is 0.137 e. The van der Waals surface area contributed by atoms with Gasteiger partial charge in [-0.3, -0.25) is 4.68 Å². The van der Waals surface area contributed by atoms with Crippen LogP contribution in [0.5, 0.6) is 0 Å². The lowest BCUT2D eigenvalue weighted by molar-refractivity contribution is 0.163. The molecule has 0 aliphatic heterocycles. The Balaban J connectivity index is 2.24. The number of aliphatic hydroxyl groups excluding tert-OH is 1. The molecule has 5 nitrogen and oxygen atoms in total. The molecular weight excluding hydrogens is 228 g/mol. The molecule has 1 unspecified atom stereocenters. The molecule has 0 saturated heterocycles. The molecule has 0 spiro atoms. The number of hydrogen-bond donors (Lipinski definition) is 1. The first kappa shape index (κ1) is 12.8. The molecule has 0 aliphatic carbocycles. The third kappa shape index (κ3) is 2.18. The topological polar surface area (TPSA) is 55.9 Å². The van der Waals surface area contributed by atoms with E-state index in [1.807, 2.05) is 43.3 Å². The highest BCUT2D eigenvalue weighted by Crippen LogP contribution is 2.21. The summed E-state index contributed by atoms with van der Waals surface area (Å²) in [6.45, 7) is 6.85. The van der Waals surface area contributed by atoms with E-state index in [-0.39, 0.29) is 0 Å². The van der Waals surface area contributed by atoms with Gasteiger partial charge in [0.25, 0.3) is 0 Å². The van der Waals surface area contributed by atoms with Crippen molar-refractivity contribution in [3.8, 4) is 0 Å². The summed E-state index contributed by atoms with van der Waals surface area (Å²) in [7, 11) is 1.92. The second-order valence-electron chi connectivity index (χ2n) is 4.56. The fourth-order valence-corrected chi connectivity index (χ4v) is 2.28. The summed E-state index contributed by atoms with van der Waals surface area (Å²) in [4.78, 5) is 4.23. The number of imidazole rings is 1. The fraction of sp³-hybridized carbons (Fsp3) is 0.538. The molecule has 2 aromatic heterocycles. The molecule has 0 fully saturated rings. The molecule has 2 heterocycles. The largest absolute Gasteiger partial charge is 0.385 e. The summed E-state index contributed by atoms with van der Waals surface area (Å²) in [5, 5.41) is 14.7. The molecule has 1 atom stereocenters. The number of nitrogens with zero attached hydrogens (tertiary/aromatic N) is 4. The first-order valence-corrected chi connectivity index (χ1v) is 6.22. The number of rotatable bonds is 4. The van der Waals surface area contributed by atoms with Crippen molar-refractivity contribution in [2.24, 2.45) is 7.05 Å². The molecular formula is C13H20N4O. The standard InChI is InChI=1S/C13H20N4O/c1-5-17-7-6-14-13(17)12(18)8-11-9(2)15-16(4)10(11)3/h6-7,12,18H,5,8H2,1-4H3. The molecule has 18 heavy (non-hydrogen) atoms. The lowest BCUT2D eigenvalue weighted by Gasteiger charge is -2.12. The summed E-state index contributed by atoms with van der Waals surface area (Å²) in [5.41, 5.74) is 3.18. The Labute approximate surface area is 107 Å². The Morgan fingerprint density at radius 2 is 2.11 bits per heavy atom. The normalized spacial score (nSPS) is 12.9. The first-order chi connectivity index (χ1) is 8.54. The third-order valence-electron chi connectivity index (χ3n) is 3.44. The van der Waals surface area contributed by atoms with Crippen molar-refractivity contribution in [3.05, 3.63) is 35.2 Å². The second-order valence-corrected chi connectivity index (χ2v) is 4.56. The van der Waals surface area contributed by atoms with Crippen molar-refractivity contribution >= 4 is 0 Å². The van der Waals surface area contributed by atoms with Gasteiger partial charge in [-0.2, -0.15) is 5.10 Å². The minimum atomic E-state index is -0.582. The van der Waals surface area contributed by atoms with Crippen molar-refractivity contribution < 1.29 is 5.11 Å². The predicted molar refractivity (Wildman–Crippen MR) is 69.2 cm³/mol. The third-order valence-corrected chi connectivity index (χ3v) is 3.44. The van der Waals surface area contributed by atoms with E-state index in [0.29, 0.717) is 6.42 Å². The van der Waals surface area contributed by atoms with Crippen LogP contribution >= 0.6 is 0 Å². The Morgan fingerprint density at radius 3 is 2.67 bits per heavy atom. The van der Waals surface area contributed by atoms with Crippen LogP contribution in [0.3, 0.4) is 0 Å². The van der Waals surface area contributed by atoms with Gasteiger partial charge in [0.1, 0.15) is 11.9 Å². The molecule has 98 valence electrons. The zero-order chi connectivity index (χ0) is 13.3. The maximum Gasteiger partial charge on any atom is 0.137 e. The Bertz CT molecular complexity index is 541. The van der Waals surface area contributed by atoms with Gasteiger partial charge in [0.05, 0.1) is 5.69 Å². The van der Waals surface area contributed by atoms with Gasteiger partial charge >= 0.3 is 0 Å². The van der Waals surface area contributed by atoms with E-state index in [4.69, 9.17) is 0 Å². The lowest BCUT2D eigenvalue weighted by Crippen LogP contribution is -2.11. The van der Waals surface area contributed by atoms with Crippen molar-refractivity contribution in [2.45, 2.75) is 39.8 Å². The molecule has 0 amide bonds. The summed E-state index contributed by atoms with van der Waals surface area (Å²) in [6.07, 6.45) is 3.59. The highest BCUT2D eigenvalue weighted by atomic mass is 16.3. The van der Waals surface area contributed by atoms with Gasteiger partial charge in [0.15, 0.2) is 0 Å². The summed E-state index contributed by atoms with van der Waals surface area (Å²) in [6, 6.07) is 0. The van der Waals surface area contributed by atoms with Gasteiger partial charge in [-0.1, -0.05) is 0 Å². The molecule has 0 bridgehead atoms. The minimum Gasteiger partial charge on any atom is -0.385 e. The van der Waals surface area contributed by atoms with E-state index >= 15 is 0 Å². The van der Waals surface area contributed by atoms with Crippen LogP contribution in [0, 0.1) is 13.8 Å². The van der Waals surface area contributed by atoms with E-state index in [1.54, 1.807) is 6.20 Å². The molecule has 0 aliphatic rings. The van der Waals surface area contributed by atoms with Crippen LogP contribution in [0.4, 0.5) is 0 Å². The Hall–Kier alpha value is -1.62. The molecule has 2 aromatic rings. The van der Waals surface area contributed by atoms with E-state index in [2.05, 4.69) is 10.1 Å². The highest BCUT2D eigenvalue weighted by molar-refractivity contribution is 5.25. The van der Waals surface area contributed by atoms with Crippen molar-refractivity contribution in [1.29, 1.82) is 0 Å². The van der Waals surface area contributed by atoms with Crippen LogP contribution in [-0.4, -0.2) is 24.4 Å². The number of aliphatic hydroxyl groups is 1. The fourth-order valence-electron chi connectivity index (χ4n) is 2.28. The molecule has 0 saturated carbocycles. The van der Waals surface area contributed by atoms with Crippen LogP contribution in [0.25, 0.3) is 0 Å². The van der Waals surface area contributed by atoms with Crippen molar-refractivity contribution in [1.82, 2.24) is 19.3 Å². The SMILES string of the molecule is CCn1ccnc1C(O)Cc1c(C)nn(C)c1C.